The summed E-state index contributed by atoms with van der Waals surface area (Å²) in [5.74, 6) is -1.94. The predicted octanol–water partition coefficient (Wildman–Crippen LogP) is 2.63. The Bertz CT molecular complexity index is 615. The maximum absolute atomic E-state index is 13.7. The lowest BCUT2D eigenvalue weighted by Crippen LogP contribution is -2.34. The molecule has 2 N–H and O–H groups in total. The highest BCUT2D eigenvalue weighted by Gasteiger charge is 2.23. The van der Waals surface area contributed by atoms with Gasteiger partial charge in [-0.3, -0.25) is 0 Å². The van der Waals surface area contributed by atoms with E-state index in [1.165, 1.54) is 0 Å². The van der Waals surface area contributed by atoms with Crippen molar-refractivity contribution in [3.63, 3.8) is 0 Å². The van der Waals surface area contributed by atoms with E-state index in [9.17, 15) is 17.6 Å². The van der Waals surface area contributed by atoms with Crippen LogP contribution in [0, 0.1) is 11.7 Å². The third kappa shape index (κ3) is 4.78. The molecule has 7 heteroatoms. The van der Waals surface area contributed by atoms with Crippen molar-refractivity contribution in [2.45, 2.75) is 44.6 Å². The third-order valence-electron chi connectivity index (χ3n) is 3.28. The zero-order valence-electron chi connectivity index (χ0n) is 12.3. The molecule has 0 fully saturated rings. The SMILES string of the molecule is CCC(C)CC(C)NS(=O)(=O)c1cc(C(=O)O)ccc1F. The molecular formula is C14H20FNO4S. The highest BCUT2D eigenvalue weighted by molar-refractivity contribution is 7.89. The zero-order valence-corrected chi connectivity index (χ0v) is 13.1. The molecule has 0 saturated carbocycles. The molecule has 1 aromatic rings. The number of nitrogens with one attached hydrogen (secondary N) is 1. The molecule has 0 spiro atoms. The minimum absolute atomic E-state index is 0.272. The van der Waals surface area contributed by atoms with Gasteiger partial charge in [0.15, 0.2) is 0 Å². The monoisotopic (exact) mass is 317 g/mol. The van der Waals surface area contributed by atoms with Gasteiger partial charge in [-0.15, -0.1) is 0 Å². The van der Waals surface area contributed by atoms with Crippen LogP contribution in [0.4, 0.5) is 4.39 Å². The Morgan fingerprint density at radius 1 is 1.38 bits per heavy atom. The van der Waals surface area contributed by atoms with E-state index >= 15 is 0 Å². The quantitative estimate of drug-likeness (QED) is 0.810. The number of carboxylic acids is 1. The number of halogens is 1. The molecule has 0 bridgehead atoms. The molecule has 0 aromatic heterocycles. The van der Waals surface area contributed by atoms with Crippen molar-refractivity contribution in [2.24, 2.45) is 5.92 Å². The van der Waals surface area contributed by atoms with Crippen molar-refractivity contribution in [1.82, 2.24) is 4.72 Å². The molecule has 0 heterocycles. The minimum Gasteiger partial charge on any atom is -0.478 e. The van der Waals surface area contributed by atoms with E-state index in [2.05, 4.69) is 4.72 Å². The molecule has 0 saturated heterocycles. The number of rotatable bonds is 7. The van der Waals surface area contributed by atoms with Gasteiger partial charge >= 0.3 is 5.97 Å². The van der Waals surface area contributed by atoms with Crippen LogP contribution < -0.4 is 4.72 Å². The Labute approximate surface area is 124 Å². The lowest BCUT2D eigenvalue weighted by Gasteiger charge is -2.18. The molecule has 1 rings (SSSR count). The molecule has 2 atom stereocenters. The van der Waals surface area contributed by atoms with E-state index in [0.29, 0.717) is 12.3 Å². The van der Waals surface area contributed by atoms with Crippen molar-refractivity contribution in [2.75, 3.05) is 0 Å². The molecule has 2 unspecified atom stereocenters. The number of sulfonamides is 1. The van der Waals surface area contributed by atoms with Crippen LogP contribution >= 0.6 is 0 Å². The Morgan fingerprint density at radius 2 is 2.00 bits per heavy atom. The average molecular weight is 317 g/mol. The van der Waals surface area contributed by atoms with Gasteiger partial charge < -0.3 is 5.11 Å². The number of benzene rings is 1. The van der Waals surface area contributed by atoms with Crippen molar-refractivity contribution in [3.8, 4) is 0 Å². The van der Waals surface area contributed by atoms with Gasteiger partial charge in [-0.2, -0.15) is 0 Å². The number of aromatic carboxylic acids is 1. The third-order valence-corrected chi connectivity index (χ3v) is 4.88. The minimum atomic E-state index is -4.09. The first-order chi connectivity index (χ1) is 9.67. The van der Waals surface area contributed by atoms with Crippen molar-refractivity contribution >= 4 is 16.0 Å². The first kappa shape index (κ1) is 17.6. The van der Waals surface area contributed by atoms with Crippen molar-refractivity contribution < 1.29 is 22.7 Å². The summed E-state index contributed by atoms with van der Waals surface area (Å²) in [7, 11) is -4.09. The molecule has 0 radical (unpaired) electrons. The van der Waals surface area contributed by atoms with E-state index in [1.807, 2.05) is 13.8 Å². The van der Waals surface area contributed by atoms with Gasteiger partial charge in [0.2, 0.25) is 10.0 Å². The fourth-order valence-electron chi connectivity index (χ4n) is 1.99. The molecule has 0 aliphatic heterocycles. The zero-order chi connectivity index (χ0) is 16.2. The van der Waals surface area contributed by atoms with Gasteiger partial charge in [0, 0.05) is 6.04 Å². The van der Waals surface area contributed by atoms with Gasteiger partial charge in [0.1, 0.15) is 10.7 Å². The topological polar surface area (TPSA) is 83.5 Å². The molecule has 118 valence electrons. The standard InChI is InChI=1S/C14H20FNO4S/c1-4-9(2)7-10(3)16-21(19,20)13-8-11(14(17)18)5-6-12(13)15/h5-6,8-10,16H,4,7H2,1-3H3,(H,17,18). The van der Waals surface area contributed by atoms with Gasteiger partial charge in [0.25, 0.3) is 0 Å². The van der Waals surface area contributed by atoms with Gasteiger partial charge in [-0.05, 0) is 37.5 Å². The number of carbonyl (C=O) groups is 1. The Kier molecular flexibility index (Phi) is 5.86. The maximum atomic E-state index is 13.7. The van der Waals surface area contributed by atoms with Crippen LogP contribution in [0.15, 0.2) is 23.1 Å². The molecule has 0 aliphatic rings. The lowest BCUT2D eigenvalue weighted by molar-refractivity contribution is 0.0696. The smallest absolute Gasteiger partial charge is 0.335 e. The highest BCUT2D eigenvalue weighted by atomic mass is 32.2. The first-order valence-electron chi connectivity index (χ1n) is 6.72. The molecule has 0 aliphatic carbocycles. The highest BCUT2D eigenvalue weighted by Crippen LogP contribution is 2.18. The van der Waals surface area contributed by atoms with E-state index < -0.39 is 26.7 Å². The Hall–Kier alpha value is -1.47. The molecule has 5 nitrogen and oxygen atoms in total. The molecular weight excluding hydrogens is 297 g/mol. The van der Waals surface area contributed by atoms with Gasteiger partial charge in [-0.1, -0.05) is 20.3 Å². The number of hydrogen-bond donors (Lipinski definition) is 2. The van der Waals surface area contributed by atoms with E-state index in [0.717, 1.165) is 24.6 Å². The van der Waals surface area contributed by atoms with Crippen LogP contribution in [0.3, 0.4) is 0 Å². The second-order valence-corrected chi connectivity index (χ2v) is 6.90. The Balaban J connectivity index is 3.02. The van der Waals surface area contributed by atoms with Crippen LogP contribution in [0.25, 0.3) is 0 Å². The van der Waals surface area contributed by atoms with Gasteiger partial charge in [-0.25, -0.2) is 22.3 Å². The maximum Gasteiger partial charge on any atom is 0.335 e. The van der Waals surface area contributed by atoms with Crippen LogP contribution in [0.2, 0.25) is 0 Å². The number of hydrogen-bond acceptors (Lipinski definition) is 3. The van der Waals surface area contributed by atoms with Crippen LogP contribution in [-0.2, 0) is 10.0 Å². The average Bonchev–Trinajstić information content (AvgIpc) is 2.37. The van der Waals surface area contributed by atoms with Crippen molar-refractivity contribution in [1.29, 1.82) is 0 Å². The Morgan fingerprint density at radius 3 is 2.52 bits per heavy atom. The summed E-state index contributed by atoms with van der Waals surface area (Å²) in [5.41, 5.74) is -0.272. The fourth-order valence-corrected chi connectivity index (χ4v) is 3.35. The van der Waals surface area contributed by atoms with Crippen LogP contribution in [0.1, 0.15) is 44.0 Å². The van der Waals surface area contributed by atoms with Crippen LogP contribution in [0.5, 0.6) is 0 Å². The van der Waals surface area contributed by atoms with Crippen LogP contribution in [-0.4, -0.2) is 25.5 Å². The van der Waals surface area contributed by atoms with E-state index in [1.54, 1.807) is 6.92 Å². The largest absolute Gasteiger partial charge is 0.478 e. The summed E-state index contributed by atoms with van der Waals surface area (Å²) >= 11 is 0. The van der Waals surface area contributed by atoms with E-state index in [4.69, 9.17) is 5.11 Å². The summed E-state index contributed by atoms with van der Waals surface area (Å²) in [6.07, 6.45) is 1.53. The fraction of sp³-hybridized carbons (Fsp3) is 0.500. The lowest BCUT2D eigenvalue weighted by atomic mass is 10.0. The van der Waals surface area contributed by atoms with Crippen molar-refractivity contribution in [3.05, 3.63) is 29.6 Å². The second kappa shape index (κ2) is 7.00. The summed E-state index contributed by atoms with van der Waals surface area (Å²) in [4.78, 5) is 10.2. The summed E-state index contributed by atoms with van der Waals surface area (Å²) in [6.45, 7) is 5.70. The number of carboxylic acid groups (broad SMARTS) is 1. The summed E-state index contributed by atoms with van der Waals surface area (Å²) in [5, 5.41) is 8.86. The summed E-state index contributed by atoms with van der Waals surface area (Å²) in [6, 6.07) is 2.34. The molecule has 0 amide bonds. The normalized spacial score (nSPS) is 14.7. The van der Waals surface area contributed by atoms with Gasteiger partial charge in [0.05, 0.1) is 5.56 Å². The molecule has 21 heavy (non-hydrogen) atoms. The summed E-state index contributed by atoms with van der Waals surface area (Å²) < 4.78 is 40.4. The predicted molar refractivity (Wildman–Crippen MR) is 77.2 cm³/mol. The molecule has 1 aromatic carbocycles. The first-order valence-corrected chi connectivity index (χ1v) is 8.20. The van der Waals surface area contributed by atoms with E-state index in [-0.39, 0.29) is 11.6 Å². The second-order valence-electron chi connectivity index (χ2n) is 5.22.